The zero-order valence-corrected chi connectivity index (χ0v) is 18.5. The number of anilines is 2. The Bertz CT molecular complexity index is 1210. The molecule has 0 unspecified atom stereocenters. The van der Waals surface area contributed by atoms with Crippen LogP contribution in [0.15, 0.2) is 36.7 Å². The highest BCUT2D eigenvalue weighted by Gasteiger charge is 2.29. The number of ether oxygens (including phenoxy) is 1. The summed E-state index contributed by atoms with van der Waals surface area (Å²) in [5.74, 6) is -0.0952. The zero-order valence-electron chi connectivity index (χ0n) is 18.5. The Labute approximate surface area is 185 Å². The third kappa shape index (κ3) is 3.74. The van der Waals surface area contributed by atoms with Crippen molar-refractivity contribution in [3.8, 4) is 5.75 Å². The summed E-state index contributed by atoms with van der Waals surface area (Å²) in [6, 6.07) is 6.55. The number of carbonyl (C=O) groups is 2. The molecule has 0 spiro atoms. The number of methoxy groups -OCH3 is 1. The minimum Gasteiger partial charge on any atom is -0.497 e. The number of nitrogens with zero attached hydrogens (tertiary/aromatic N) is 3. The average Bonchev–Trinajstić information content (AvgIpc) is 3.17. The third-order valence-corrected chi connectivity index (χ3v) is 5.98. The van der Waals surface area contributed by atoms with Gasteiger partial charge in [-0.2, -0.15) is 5.10 Å². The molecule has 0 saturated heterocycles. The number of halogens is 1. The average molecular weight is 439 g/mol. The van der Waals surface area contributed by atoms with Gasteiger partial charge in [0.1, 0.15) is 11.4 Å². The van der Waals surface area contributed by atoms with Crippen molar-refractivity contribution in [2.45, 2.75) is 38.9 Å². The SMILES string of the molecule is COc1ccc2c(c1)CCN(c1cc3c(N[C@H](C)C(C)(C)F)c(C(N)=O)cnn3c1)C2=O. The van der Waals surface area contributed by atoms with Crippen molar-refractivity contribution in [2.75, 3.05) is 23.9 Å². The number of hydrogen-bond acceptors (Lipinski definition) is 5. The van der Waals surface area contributed by atoms with Crippen molar-refractivity contribution < 1.29 is 18.7 Å². The fourth-order valence-electron chi connectivity index (χ4n) is 3.76. The lowest BCUT2D eigenvalue weighted by atomic mass is 9.98. The van der Waals surface area contributed by atoms with E-state index in [0.29, 0.717) is 41.2 Å². The summed E-state index contributed by atoms with van der Waals surface area (Å²) < 4.78 is 21.3. The second-order valence-electron chi connectivity index (χ2n) is 8.49. The number of primary amides is 1. The van der Waals surface area contributed by atoms with Crippen molar-refractivity contribution in [3.63, 3.8) is 0 Å². The Morgan fingerprint density at radius 2 is 2.09 bits per heavy atom. The number of nitrogens with two attached hydrogens (primary N) is 1. The van der Waals surface area contributed by atoms with Crippen LogP contribution in [0.3, 0.4) is 0 Å². The Kier molecular flexibility index (Phi) is 5.28. The summed E-state index contributed by atoms with van der Waals surface area (Å²) >= 11 is 0. The Morgan fingerprint density at radius 1 is 1.34 bits per heavy atom. The summed E-state index contributed by atoms with van der Waals surface area (Å²) in [5.41, 5.74) is 7.24. The molecule has 8 nitrogen and oxygen atoms in total. The number of alkyl halides is 1. The first-order valence-electron chi connectivity index (χ1n) is 10.4. The number of nitrogens with one attached hydrogen (secondary N) is 1. The van der Waals surface area contributed by atoms with Crippen molar-refractivity contribution >= 4 is 28.7 Å². The molecule has 0 bridgehead atoms. The maximum absolute atomic E-state index is 14.5. The summed E-state index contributed by atoms with van der Waals surface area (Å²) in [6.07, 6.45) is 3.73. The first kappa shape index (κ1) is 21.6. The maximum Gasteiger partial charge on any atom is 0.258 e. The lowest BCUT2D eigenvalue weighted by Gasteiger charge is -2.28. The lowest BCUT2D eigenvalue weighted by Crippen LogP contribution is -2.37. The Balaban J connectivity index is 1.76. The summed E-state index contributed by atoms with van der Waals surface area (Å²) in [5, 5.41) is 7.34. The van der Waals surface area contributed by atoms with Crippen molar-refractivity contribution in [2.24, 2.45) is 5.73 Å². The topological polar surface area (TPSA) is 102 Å². The van der Waals surface area contributed by atoms with E-state index in [9.17, 15) is 14.0 Å². The fourth-order valence-corrected chi connectivity index (χ4v) is 3.76. The Hall–Kier alpha value is -3.62. The highest BCUT2D eigenvalue weighted by molar-refractivity contribution is 6.09. The number of rotatable bonds is 6. The van der Waals surface area contributed by atoms with Crippen LogP contribution in [0, 0.1) is 0 Å². The number of carbonyl (C=O) groups excluding carboxylic acids is 2. The monoisotopic (exact) mass is 439 g/mol. The van der Waals surface area contributed by atoms with Crippen LogP contribution in [0.25, 0.3) is 5.52 Å². The molecule has 0 radical (unpaired) electrons. The number of fused-ring (bicyclic) bond motifs is 2. The van der Waals surface area contributed by atoms with Crippen molar-refractivity contribution in [3.05, 3.63) is 53.3 Å². The van der Waals surface area contributed by atoms with Crippen LogP contribution >= 0.6 is 0 Å². The predicted molar refractivity (Wildman–Crippen MR) is 120 cm³/mol. The Morgan fingerprint density at radius 3 is 2.75 bits per heavy atom. The molecule has 1 aromatic carbocycles. The molecule has 1 atom stereocenters. The minimum absolute atomic E-state index is 0.132. The summed E-state index contributed by atoms with van der Waals surface area (Å²) in [6.45, 7) is 5.07. The molecule has 2 amide bonds. The molecule has 0 aliphatic carbocycles. The van der Waals surface area contributed by atoms with Crippen molar-refractivity contribution in [1.29, 1.82) is 0 Å². The number of amides is 2. The molecule has 2 aromatic heterocycles. The van der Waals surface area contributed by atoms with Gasteiger partial charge in [-0.25, -0.2) is 8.91 Å². The maximum atomic E-state index is 14.5. The van der Waals surface area contributed by atoms with E-state index in [1.54, 1.807) is 47.8 Å². The van der Waals surface area contributed by atoms with Gasteiger partial charge in [-0.05, 0) is 57.0 Å². The fraction of sp³-hybridized carbons (Fsp3) is 0.348. The largest absolute Gasteiger partial charge is 0.497 e. The number of benzene rings is 1. The van der Waals surface area contributed by atoms with Gasteiger partial charge in [0.2, 0.25) is 0 Å². The first-order valence-corrected chi connectivity index (χ1v) is 10.4. The minimum atomic E-state index is -1.54. The van der Waals surface area contributed by atoms with Crippen LogP contribution in [-0.2, 0) is 6.42 Å². The molecular formula is C23H26FN5O3. The molecule has 3 aromatic rings. The van der Waals surface area contributed by atoms with Gasteiger partial charge >= 0.3 is 0 Å². The van der Waals surface area contributed by atoms with E-state index in [-0.39, 0.29) is 11.5 Å². The molecule has 0 saturated carbocycles. The predicted octanol–water partition coefficient (Wildman–Crippen LogP) is 3.19. The second-order valence-corrected chi connectivity index (χ2v) is 8.49. The van der Waals surface area contributed by atoms with E-state index in [2.05, 4.69) is 10.4 Å². The van der Waals surface area contributed by atoms with Gasteiger partial charge in [-0.1, -0.05) is 0 Å². The van der Waals surface area contributed by atoms with Crippen LogP contribution in [0.2, 0.25) is 0 Å². The summed E-state index contributed by atoms with van der Waals surface area (Å²) in [7, 11) is 1.59. The van der Waals surface area contributed by atoms with Gasteiger partial charge in [-0.15, -0.1) is 0 Å². The smallest absolute Gasteiger partial charge is 0.258 e. The van der Waals surface area contributed by atoms with Gasteiger partial charge in [0.05, 0.1) is 48.0 Å². The van der Waals surface area contributed by atoms with Gasteiger partial charge in [0.25, 0.3) is 11.8 Å². The molecule has 32 heavy (non-hydrogen) atoms. The normalized spacial score (nSPS) is 14.9. The molecule has 1 aliphatic heterocycles. The second kappa shape index (κ2) is 7.81. The van der Waals surface area contributed by atoms with Gasteiger partial charge < -0.3 is 20.7 Å². The number of aromatic nitrogens is 2. The van der Waals surface area contributed by atoms with E-state index >= 15 is 0 Å². The van der Waals surface area contributed by atoms with Crippen molar-refractivity contribution in [1.82, 2.24) is 9.61 Å². The van der Waals surface area contributed by atoms with Crippen LogP contribution in [0.4, 0.5) is 15.8 Å². The highest BCUT2D eigenvalue weighted by atomic mass is 19.1. The molecule has 9 heteroatoms. The molecule has 0 fully saturated rings. The first-order chi connectivity index (χ1) is 15.1. The molecule has 1 aliphatic rings. The summed E-state index contributed by atoms with van der Waals surface area (Å²) in [4.78, 5) is 26.9. The van der Waals surface area contributed by atoms with E-state index in [1.165, 1.54) is 20.0 Å². The van der Waals surface area contributed by atoms with Crippen LogP contribution in [-0.4, -0.2) is 46.8 Å². The zero-order chi connectivity index (χ0) is 23.2. The number of hydrogen-bond donors (Lipinski definition) is 2. The van der Waals surface area contributed by atoms with E-state index in [4.69, 9.17) is 10.5 Å². The standard InChI is InChI=1S/C23H26FN5O3/c1-13(23(2,3)24)27-20-18(21(25)30)11-26-29-12-15(10-19(20)29)28-8-7-14-9-16(32-4)5-6-17(14)22(28)31/h5-6,9-13,27H,7-8H2,1-4H3,(H2,25,30)/t13-/m1/s1. The van der Waals surface area contributed by atoms with Gasteiger partial charge in [0.15, 0.2) is 0 Å². The van der Waals surface area contributed by atoms with Gasteiger partial charge in [0, 0.05) is 12.1 Å². The highest BCUT2D eigenvalue weighted by Crippen LogP contribution is 2.32. The van der Waals surface area contributed by atoms with Crippen LogP contribution in [0.5, 0.6) is 5.75 Å². The quantitative estimate of drug-likeness (QED) is 0.614. The van der Waals surface area contributed by atoms with E-state index in [1.807, 2.05) is 6.07 Å². The molecule has 168 valence electrons. The van der Waals surface area contributed by atoms with Crippen LogP contribution in [0.1, 0.15) is 47.1 Å². The third-order valence-electron chi connectivity index (χ3n) is 5.98. The van der Waals surface area contributed by atoms with E-state index < -0.39 is 17.6 Å². The molecular weight excluding hydrogens is 413 g/mol. The molecule has 3 heterocycles. The molecule has 3 N–H and O–H groups in total. The lowest BCUT2D eigenvalue weighted by molar-refractivity contribution is 0.0977. The van der Waals surface area contributed by atoms with Crippen LogP contribution < -0.4 is 20.7 Å². The van der Waals surface area contributed by atoms with E-state index in [0.717, 1.165) is 5.56 Å². The van der Waals surface area contributed by atoms with Gasteiger partial charge in [-0.3, -0.25) is 9.59 Å². The molecule has 4 rings (SSSR count).